The molecule has 3 aromatic rings. The van der Waals surface area contributed by atoms with Gasteiger partial charge in [-0.15, -0.1) is 0 Å². The number of benzene rings is 1. The van der Waals surface area contributed by atoms with E-state index in [0.29, 0.717) is 17.1 Å². The van der Waals surface area contributed by atoms with Crippen LogP contribution in [0.4, 0.5) is 5.69 Å². The van der Waals surface area contributed by atoms with Gasteiger partial charge in [0.1, 0.15) is 5.69 Å². The van der Waals surface area contributed by atoms with Crippen LogP contribution >= 0.6 is 11.6 Å². The number of aromatic amines is 1. The zero-order chi connectivity index (χ0) is 19.3. The van der Waals surface area contributed by atoms with Crippen molar-refractivity contribution in [1.29, 1.82) is 0 Å². The van der Waals surface area contributed by atoms with E-state index in [1.54, 1.807) is 36.5 Å². The maximum atomic E-state index is 13.2. The van der Waals surface area contributed by atoms with E-state index < -0.39 is 0 Å². The topological polar surface area (TPSA) is 78.1 Å². The van der Waals surface area contributed by atoms with Crippen LogP contribution < -0.4 is 5.32 Å². The van der Waals surface area contributed by atoms with Crippen LogP contribution in [0.15, 0.2) is 48.7 Å². The van der Waals surface area contributed by atoms with Gasteiger partial charge in [0.2, 0.25) is 5.91 Å². The lowest BCUT2D eigenvalue weighted by atomic mass is 9.88. The number of rotatable bonds is 3. The standard InChI is InChI=1S/C21H19ClN4O2/c22-12-3-5-13(6-4-12)24-20(27)15-10-14-7-8-19(15)26(14)21(28)18-11-17-16(25-18)2-1-9-23-17/h1-6,9,11,14-15,19,25H,7-8,10H2,(H,24,27). The zero-order valence-electron chi connectivity index (χ0n) is 15.1. The second kappa shape index (κ2) is 6.63. The largest absolute Gasteiger partial charge is 0.349 e. The Morgan fingerprint density at radius 1 is 1.18 bits per heavy atom. The Kier molecular flexibility index (Phi) is 4.09. The third-order valence-corrected chi connectivity index (χ3v) is 6.09. The van der Waals surface area contributed by atoms with E-state index >= 15 is 0 Å². The number of nitrogens with zero attached hydrogens (tertiary/aromatic N) is 2. The molecule has 7 heteroatoms. The second-order valence-electron chi connectivity index (χ2n) is 7.47. The molecule has 2 aromatic heterocycles. The molecule has 2 bridgehead atoms. The monoisotopic (exact) mass is 394 g/mol. The Morgan fingerprint density at radius 3 is 2.79 bits per heavy atom. The van der Waals surface area contributed by atoms with Gasteiger partial charge in [0, 0.05) is 29.0 Å². The molecule has 6 nitrogen and oxygen atoms in total. The number of anilines is 1. The number of hydrogen-bond donors (Lipinski definition) is 2. The van der Waals surface area contributed by atoms with Crippen molar-refractivity contribution < 1.29 is 9.59 Å². The van der Waals surface area contributed by atoms with Crippen molar-refractivity contribution in [1.82, 2.24) is 14.9 Å². The Hall–Kier alpha value is -2.86. The van der Waals surface area contributed by atoms with Gasteiger partial charge in [-0.25, -0.2) is 0 Å². The molecule has 0 saturated carbocycles. The molecule has 0 spiro atoms. The van der Waals surface area contributed by atoms with Crippen LogP contribution in [0.2, 0.25) is 5.02 Å². The summed E-state index contributed by atoms with van der Waals surface area (Å²) in [5.41, 5.74) is 2.87. The highest BCUT2D eigenvalue weighted by atomic mass is 35.5. The first-order chi connectivity index (χ1) is 13.6. The van der Waals surface area contributed by atoms with Gasteiger partial charge in [-0.3, -0.25) is 14.6 Å². The number of amides is 2. The first-order valence-corrected chi connectivity index (χ1v) is 9.81. The maximum absolute atomic E-state index is 13.2. The molecule has 2 amide bonds. The number of nitrogens with one attached hydrogen (secondary N) is 2. The Labute approximate surface area is 166 Å². The van der Waals surface area contributed by atoms with E-state index in [0.717, 1.165) is 29.6 Å². The molecule has 4 heterocycles. The van der Waals surface area contributed by atoms with E-state index in [1.807, 2.05) is 17.0 Å². The summed E-state index contributed by atoms with van der Waals surface area (Å²) in [5, 5.41) is 3.59. The lowest BCUT2D eigenvalue weighted by Gasteiger charge is -2.23. The molecule has 0 radical (unpaired) electrons. The number of aromatic nitrogens is 2. The van der Waals surface area contributed by atoms with Crippen molar-refractivity contribution >= 4 is 40.1 Å². The van der Waals surface area contributed by atoms with Crippen molar-refractivity contribution in [3.8, 4) is 0 Å². The fourth-order valence-electron chi connectivity index (χ4n) is 4.57. The van der Waals surface area contributed by atoms with Crippen LogP contribution in [0.1, 0.15) is 29.8 Å². The van der Waals surface area contributed by atoms with Crippen molar-refractivity contribution in [2.75, 3.05) is 5.32 Å². The number of carbonyl (C=O) groups is 2. The van der Waals surface area contributed by atoms with Gasteiger partial charge in [0.15, 0.2) is 0 Å². The maximum Gasteiger partial charge on any atom is 0.270 e. The predicted molar refractivity (Wildman–Crippen MR) is 107 cm³/mol. The molecule has 1 aromatic carbocycles. The summed E-state index contributed by atoms with van der Waals surface area (Å²) in [5.74, 6) is -0.279. The average molecular weight is 395 g/mol. The number of hydrogen-bond acceptors (Lipinski definition) is 3. The van der Waals surface area contributed by atoms with Crippen LogP contribution in [0, 0.1) is 5.92 Å². The van der Waals surface area contributed by atoms with Gasteiger partial charge < -0.3 is 15.2 Å². The fourth-order valence-corrected chi connectivity index (χ4v) is 4.69. The predicted octanol–water partition coefficient (Wildman–Crippen LogP) is 3.85. The highest BCUT2D eigenvalue weighted by Gasteiger charge is 2.51. The summed E-state index contributed by atoms with van der Waals surface area (Å²) in [6.07, 6.45) is 4.21. The third kappa shape index (κ3) is 2.85. The minimum atomic E-state index is -0.194. The molecule has 142 valence electrons. The van der Waals surface area contributed by atoms with E-state index in [-0.39, 0.29) is 29.8 Å². The number of pyridine rings is 1. The third-order valence-electron chi connectivity index (χ3n) is 5.84. The summed E-state index contributed by atoms with van der Waals surface area (Å²) in [4.78, 5) is 35.3. The van der Waals surface area contributed by atoms with Crippen LogP contribution in [-0.2, 0) is 4.79 Å². The summed E-state index contributed by atoms with van der Waals surface area (Å²) in [6, 6.07) is 12.6. The Morgan fingerprint density at radius 2 is 2.00 bits per heavy atom. The summed E-state index contributed by atoms with van der Waals surface area (Å²) < 4.78 is 0. The molecule has 3 atom stereocenters. The lowest BCUT2D eigenvalue weighted by Crippen LogP contribution is -2.39. The van der Waals surface area contributed by atoms with Gasteiger partial charge in [0.05, 0.1) is 17.0 Å². The van der Waals surface area contributed by atoms with Crippen molar-refractivity contribution in [3.63, 3.8) is 0 Å². The molecule has 2 aliphatic heterocycles. The zero-order valence-corrected chi connectivity index (χ0v) is 15.8. The second-order valence-corrected chi connectivity index (χ2v) is 7.90. The average Bonchev–Trinajstić information content (AvgIpc) is 3.41. The van der Waals surface area contributed by atoms with E-state index in [9.17, 15) is 9.59 Å². The number of fused-ring (bicyclic) bond motifs is 3. The Bertz CT molecular complexity index is 1030. The van der Waals surface area contributed by atoms with E-state index in [1.165, 1.54) is 0 Å². The number of H-pyrrole nitrogens is 1. The molecule has 5 rings (SSSR count). The molecule has 2 fully saturated rings. The first-order valence-electron chi connectivity index (χ1n) is 9.43. The van der Waals surface area contributed by atoms with Crippen molar-refractivity contribution in [2.45, 2.75) is 31.3 Å². The van der Waals surface area contributed by atoms with Gasteiger partial charge in [-0.2, -0.15) is 0 Å². The molecule has 2 saturated heterocycles. The van der Waals surface area contributed by atoms with Crippen LogP contribution in [-0.4, -0.2) is 38.8 Å². The van der Waals surface area contributed by atoms with Gasteiger partial charge in [-0.1, -0.05) is 11.6 Å². The van der Waals surface area contributed by atoms with Crippen molar-refractivity contribution in [2.24, 2.45) is 5.92 Å². The van der Waals surface area contributed by atoms with Crippen LogP contribution in [0.5, 0.6) is 0 Å². The fraction of sp³-hybridized carbons (Fsp3) is 0.286. The Balaban J connectivity index is 1.35. The molecular formula is C21H19ClN4O2. The van der Waals surface area contributed by atoms with E-state index in [4.69, 9.17) is 11.6 Å². The minimum Gasteiger partial charge on any atom is -0.349 e. The smallest absolute Gasteiger partial charge is 0.270 e. The summed E-state index contributed by atoms with van der Waals surface area (Å²) >= 11 is 5.90. The van der Waals surface area contributed by atoms with E-state index in [2.05, 4.69) is 15.3 Å². The molecule has 3 unspecified atom stereocenters. The lowest BCUT2D eigenvalue weighted by molar-refractivity contribution is -0.120. The normalized spacial score (nSPS) is 23.3. The van der Waals surface area contributed by atoms with Crippen LogP contribution in [0.3, 0.4) is 0 Å². The molecule has 28 heavy (non-hydrogen) atoms. The molecule has 2 aliphatic rings. The van der Waals surface area contributed by atoms with Gasteiger partial charge >= 0.3 is 0 Å². The molecule has 0 aliphatic carbocycles. The summed E-state index contributed by atoms with van der Waals surface area (Å²) in [6.45, 7) is 0. The van der Waals surface area contributed by atoms with Gasteiger partial charge in [-0.05, 0) is 61.7 Å². The number of halogens is 1. The van der Waals surface area contributed by atoms with Crippen molar-refractivity contribution in [3.05, 3.63) is 59.4 Å². The van der Waals surface area contributed by atoms with Gasteiger partial charge in [0.25, 0.3) is 5.91 Å². The number of carbonyl (C=O) groups excluding carboxylic acids is 2. The van der Waals surface area contributed by atoms with Crippen LogP contribution in [0.25, 0.3) is 11.0 Å². The quantitative estimate of drug-likeness (QED) is 0.708. The SMILES string of the molecule is O=C(Nc1ccc(Cl)cc1)C1CC2CCC1N2C(=O)c1cc2ncccc2[nH]1. The highest BCUT2D eigenvalue weighted by Crippen LogP contribution is 2.43. The molecular weight excluding hydrogens is 376 g/mol. The first kappa shape index (κ1) is 17.3. The highest BCUT2D eigenvalue weighted by molar-refractivity contribution is 6.30. The summed E-state index contributed by atoms with van der Waals surface area (Å²) in [7, 11) is 0. The minimum absolute atomic E-state index is 0.0364. The molecule has 2 N–H and O–H groups in total.